The standard InChI is InChI=1S/C14H13F2N5O/c1-7(17)13-19-11-8(12(15)16)3-2-4-9(11)14(22)21(13)10-5-6-18-20-10/h2-7,12H,17H2,1H3,(H,18,20)/t7-/m0/s1. The third kappa shape index (κ3) is 2.17. The number of benzene rings is 1. The summed E-state index contributed by atoms with van der Waals surface area (Å²) in [5, 5.41) is 6.56. The molecule has 0 fully saturated rings. The molecule has 0 bridgehead atoms. The summed E-state index contributed by atoms with van der Waals surface area (Å²) in [6.07, 6.45) is -1.24. The first-order valence-electron chi connectivity index (χ1n) is 6.59. The second-order valence-electron chi connectivity index (χ2n) is 4.89. The molecule has 114 valence electrons. The van der Waals surface area contributed by atoms with Gasteiger partial charge in [-0.3, -0.25) is 9.89 Å². The summed E-state index contributed by atoms with van der Waals surface area (Å²) < 4.78 is 27.5. The van der Waals surface area contributed by atoms with Crippen LogP contribution in [0.1, 0.15) is 30.8 Å². The Balaban J connectivity index is 2.45. The van der Waals surface area contributed by atoms with Gasteiger partial charge in [-0.2, -0.15) is 5.10 Å². The van der Waals surface area contributed by atoms with Crippen molar-refractivity contribution < 1.29 is 8.78 Å². The molecule has 0 aliphatic rings. The molecule has 6 nitrogen and oxygen atoms in total. The number of hydrogen-bond donors (Lipinski definition) is 2. The van der Waals surface area contributed by atoms with Gasteiger partial charge in [-0.05, 0) is 13.0 Å². The van der Waals surface area contributed by atoms with Crippen molar-refractivity contribution in [2.45, 2.75) is 19.4 Å². The van der Waals surface area contributed by atoms with Crippen LogP contribution in [-0.2, 0) is 0 Å². The molecule has 3 N–H and O–H groups in total. The highest BCUT2D eigenvalue weighted by molar-refractivity contribution is 5.81. The lowest BCUT2D eigenvalue weighted by atomic mass is 10.1. The number of alkyl halides is 2. The number of para-hydroxylation sites is 1. The fraction of sp³-hybridized carbons (Fsp3) is 0.214. The average molecular weight is 305 g/mol. The van der Waals surface area contributed by atoms with Crippen molar-refractivity contribution in [1.82, 2.24) is 19.7 Å². The Morgan fingerprint density at radius 3 is 2.68 bits per heavy atom. The van der Waals surface area contributed by atoms with E-state index in [0.29, 0.717) is 5.82 Å². The Morgan fingerprint density at radius 2 is 2.09 bits per heavy atom. The molecule has 1 aromatic carbocycles. The summed E-state index contributed by atoms with van der Waals surface area (Å²) in [5.74, 6) is 0.573. The van der Waals surface area contributed by atoms with E-state index < -0.39 is 18.0 Å². The molecule has 0 aliphatic heterocycles. The summed E-state index contributed by atoms with van der Waals surface area (Å²) in [4.78, 5) is 16.9. The van der Waals surface area contributed by atoms with Gasteiger partial charge in [0.1, 0.15) is 11.6 Å². The van der Waals surface area contributed by atoms with Crippen LogP contribution in [0.4, 0.5) is 8.78 Å². The van der Waals surface area contributed by atoms with Crippen LogP contribution in [0.15, 0.2) is 35.3 Å². The van der Waals surface area contributed by atoms with Crippen LogP contribution in [0.2, 0.25) is 0 Å². The molecule has 2 heterocycles. The maximum Gasteiger partial charge on any atom is 0.267 e. The average Bonchev–Trinajstić information content (AvgIpc) is 3.00. The van der Waals surface area contributed by atoms with Crippen molar-refractivity contribution in [3.63, 3.8) is 0 Å². The molecule has 0 unspecified atom stereocenters. The number of H-pyrrole nitrogens is 1. The monoisotopic (exact) mass is 305 g/mol. The Kier molecular flexibility index (Phi) is 3.45. The van der Waals surface area contributed by atoms with E-state index in [1.54, 1.807) is 13.0 Å². The zero-order valence-corrected chi connectivity index (χ0v) is 11.6. The van der Waals surface area contributed by atoms with Crippen molar-refractivity contribution in [3.05, 3.63) is 52.2 Å². The predicted octanol–water partition coefficient (Wildman–Crippen LogP) is 2.07. The number of nitrogens with zero attached hydrogens (tertiary/aromatic N) is 3. The minimum atomic E-state index is -2.72. The molecule has 2 aromatic heterocycles. The van der Waals surface area contributed by atoms with Gasteiger partial charge in [0.05, 0.1) is 23.1 Å². The number of fused-ring (bicyclic) bond motifs is 1. The Bertz CT molecular complexity index is 871. The van der Waals surface area contributed by atoms with Gasteiger partial charge in [0.25, 0.3) is 12.0 Å². The minimum absolute atomic E-state index is 0.0226. The normalized spacial score (nSPS) is 13.0. The fourth-order valence-corrected chi connectivity index (χ4v) is 2.34. The third-order valence-electron chi connectivity index (χ3n) is 3.33. The molecular formula is C14H13F2N5O. The first kappa shape index (κ1) is 14.3. The molecule has 22 heavy (non-hydrogen) atoms. The summed E-state index contributed by atoms with van der Waals surface area (Å²) in [5.41, 5.74) is 5.09. The van der Waals surface area contributed by atoms with Crippen molar-refractivity contribution >= 4 is 10.9 Å². The zero-order valence-electron chi connectivity index (χ0n) is 11.6. The predicted molar refractivity (Wildman–Crippen MR) is 77.0 cm³/mol. The van der Waals surface area contributed by atoms with E-state index in [4.69, 9.17) is 5.73 Å². The van der Waals surface area contributed by atoms with Crippen LogP contribution in [0.5, 0.6) is 0 Å². The number of rotatable bonds is 3. The number of aromatic amines is 1. The van der Waals surface area contributed by atoms with Crippen molar-refractivity contribution in [3.8, 4) is 5.82 Å². The first-order chi connectivity index (χ1) is 10.5. The van der Waals surface area contributed by atoms with Gasteiger partial charge in [-0.1, -0.05) is 12.1 Å². The fourth-order valence-electron chi connectivity index (χ4n) is 2.34. The van der Waals surface area contributed by atoms with Gasteiger partial charge in [0, 0.05) is 11.6 Å². The summed E-state index contributed by atoms with van der Waals surface area (Å²) in [6, 6.07) is 5.10. The second kappa shape index (κ2) is 5.30. The largest absolute Gasteiger partial charge is 0.322 e. The van der Waals surface area contributed by atoms with Gasteiger partial charge in [-0.15, -0.1) is 0 Å². The number of nitrogens with two attached hydrogens (primary N) is 1. The van der Waals surface area contributed by atoms with E-state index in [0.717, 1.165) is 0 Å². The molecule has 3 aromatic rings. The van der Waals surface area contributed by atoms with E-state index in [1.165, 1.54) is 29.0 Å². The maximum absolute atomic E-state index is 13.1. The minimum Gasteiger partial charge on any atom is -0.322 e. The number of aromatic nitrogens is 4. The van der Waals surface area contributed by atoms with Crippen LogP contribution in [-0.4, -0.2) is 19.7 Å². The van der Waals surface area contributed by atoms with E-state index >= 15 is 0 Å². The number of nitrogens with one attached hydrogen (secondary N) is 1. The molecular weight excluding hydrogens is 292 g/mol. The highest BCUT2D eigenvalue weighted by atomic mass is 19.3. The molecule has 0 spiro atoms. The topological polar surface area (TPSA) is 89.6 Å². The van der Waals surface area contributed by atoms with E-state index in [1.807, 2.05) is 0 Å². The quantitative estimate of drug-likeness (QED) is 0.775. The van der Waals surface area contributed by atoms with Crippen LogP contribution in [0.3, 0.4) is 0 Å². The van der Waals surface area contributed by atoms with Gasteiger partial charge in [-0.25, -0.2) is 18.3 Å². The molecule has 0 aliphatic carbocycles. The summed E-state index contributed by atoms with van der Waals surface area (Å²) >= 11 is 0. The second-order valence-corrected chi connectivity index (χ2v) is 4.89. The van der Waals surface area contributed by atoms with Gasteiger partial charge >= 0.3 is 0 Å². The molecule has 1 atom stereocenters. The van der Waals surface area contributed by atoms with E-state index in [2.05, 4.69) is 15.2 Å². The van der Waals surface area contributed by atoms with Crippen molar-refractivity contribution in [2.24, 2.45) is 5.73 Å². The maximum atomic E-state index is 13.1. The summed E-state index contributed by atoms with van der Waals surface area (Å²) in [7, 11) is 0. The van der Waals surface area contributed by atoms with Crippen molar-refractivity contribution in [2.75, 3.05) is 0 Å². The van der Waals surface area contributed by atoms with Crippen LogP contribution >= 0.6 is 0 Å². The highest BCUT2D eigenvalue weighted by Gasteiger charge is 2.20. The van der Waals surface area contributed by atoms with Crippen molar-refractivity contribution in [1.29, 1.82) is 0 Å². The Hall–Kier alpha value is -2.61. The molecule has 3 rings (SSSR count). The zero-order chi connectivity index (χ0) is 15.9. The SMILES string of the molecule is C[C@H](N)c1nc2c(C(F)F)cccc2c(=O)n1-c1ccn[nH]1. The Labute approximate surface area is 123 Å². The van der Waals surface area contributed by atoms with Gasteiger partial charge in [0.2, 0.25) is 0 Å². The van der Waals surface area contributed by atoms with E-state index in [9.17, 15) is 13.6 Å². The van der Waals surface area contributed by atoms with E-state index in [-0.39, 0.29) is 22.3 Å². The molecule has 8 heteroatoms. The third-order valence-corrected chi connectivity index (χ3v) is 3.33. The van der Waals surface area contributed by atoms with Crippen LogP contribution in [0.25, 0.3) is 16.7 Å². The lowest BCUT2D eigenvalue weighted by molar-refractivity contribution is 0.153. The van der Waals surface area contributed by atoms with Gasteiger partial charge < -0.3 is 5.73 Å². The molecule has 0 radical (unpaired) electrons. The molecule has 0 saturated carbocycles. The number of hydrogen-bond acceptors (Lipinski definition) is 4. The number of halogens is 2. The lowest BCUT2D eigenvalue weighted by Gasteiger charge is -2.15. The molecule has 0 saturated heterocycles. The smallest absolute Gasteiger partial charge is 0.267 e. The van der Waals surface area contributed by atoms with Gasteiger partial charge in [0.15, 0.2) is 0 Å². The Morgan fingerprint density at radius 1 is 1.32 bits per heavy atom. The van der Waals surface area contributed by atoms with Crippen LogP contribution in [0, 0.1) is 0 Å². The first-order valence-corrected chi connectivity index (χ1v) is 6.59. The summed E-state index contributed by atoms with van der Waals surface area (Å²) in [6.45, 7) is 1.63. The molecule has 0 amide bonds. The highest BCUT2D eigenvalue weighted by Crippen LogP contribution is 2.26. The van der Waals surface area contributed by atoms with Crippen LogP contribution < -0.4 is 11.3 Å². The lowest BCUT2D eigenvalue weighted by Crippen LogP contribution is -2.28.